The summed E-state index contributed by atoms with van der Waals surface area (Å²) >= 11 is 0. The van der Waals surface area contributed by atoms with Gasteiger partial charge in [-0.25, -0.2) is 17.5 Å². The summed E-state index contributed by atoms with van der Waals surface area (Å²) in [4.78, 5) is 0.0897. The molecule has 134 valence electrons. The number of benzene rings is 2. The molecule has 0 unspecified atom stereocenters. The third-order valence-corrected chi connectivity index (χ3v) is 5.98. The molecule has 3 rings (SSSR count). The van der Waals surface area contributed by atoms with Gasteiger partial charge >= 0.3 is 0 Å². The summed E-state index contributed by atoms with van der Waals surface area (Å²) in [6.07, 6.45) is 0.503. The van der Waals surface area contributed by atoms with E-state index in [1.165, 1.54) is 12.1 Å². The van der Waals surface area contributed by atoms with Gasteiger partial charge in [-0.15, -0.1) is 0 Å². The van der Waals surface area contributed by atoms with Crippen molar-refractivity contribution in [2.24, 2.45) is 0 Å². The molecular formula is C19H22FNO3S. The van der Waals surface area contributed by atoms with E-state index < -0.39 is 27.5 Å². The predicted molar refractivity (Wildman–Crippen MR) is 94.7 cm³/mol. The lowest BCUT2D eigenvalue weighted by Gasteiger charge is -2.38. The van der Waals surface area contributed by atoms with Crippen molar-refractivity contribution in [2.45, 2.75) is 50.7 Å². The zero-order valence-electron chi connectivity index (χ0n) is 14.8. The molecule has 2 aromatic rings. The monoisotopic (exact) mass is 363 g/mol. The Morgan fingerprint density at radius 3 is 2.56 bits per heavy atom. The van der Waals surface area contributed by atoms with Crippen molar-refractivity contribution < 1.29 is 17.5 Å². The number of fused-ring (bicyclic) bond motifs is 1. The number of hydrogen-bond acceptors (Lipinski definition) is 3. The van der Waals surface area contributed by atoms with Crippen LogP contribution < -0.4 is 9.46 Å². The molecule has 1 heterocycles. The number of aryl methyl sites for hydroxylation is 2. The minimum Gasteiger partial charge on any atom is -0.487 e. The molecule has 0 aliphatic carbocycles. The third-order valence-electron chi connectivity index (χ3n) is 4.35. The fourth-order valence-electron chi connectivity index (χ4n) is 3.23. The molecule has 2 aromatic carbocycles. The molecule has 1 aliphatic rings. The van der Waals surface area contributed by atoms with Crippen molar-refractivity contribution in [3.63, 3.8) is 0 Å². The van der Waals surface area contributed by atoms with Crippen LogP contribution in [0.1, 0.15) is 43.0 Å². The van der Waals surface area contributed by atoms with Crippen molar-refractivity contribution >= 4 is 10.0 Å². The van der Waals surface area contributed by atoms with Gasteiger partial charge in [-0.1, -0.05) is 12.1 Å². The summed E-state index contributed by atoms with van der Waals surface area (Å²) in [7, 11) is -3.78. The molecule has 6 heteroatoms. The number of ether oxygens (including phenoxy) is 1. The van der Waals surface area contributed by atoms with Gasteiger partial charge in [-0.2, -0.15) is 0 Å². The Bertz CT molecular complexity index is 922. The molecule has 25 heavy (non-hydrogen) atoms. The van der Waals surface area contributed by atoms with E-state index in [0.29, 0.717) is 17.7 Å². The van der Waals surface area contributed by atoms with E-state index in [9.17, 15) is 12.8 Å². The summed E-state index contributed by atoms with van der Waals surface area (Å²) in [6, 6.07) is 9.02. The van der Waals surface area contributed by atoms with Gasteiger partial charge in [-0.05, 0) is 63.1 Å². The average molecular weight is 363 g/mol. The Morgan fingerprint density at radius 2 is 1.88 bits per heavy atom. The summed E-state index contributed by atoms with van der Waals surface area (Å²) in [5.74, 6) is 0.240. The highest BCUT2D eigenvalue weighted by atomic mass is 32.2. The molecule has 4 nitrogen and oxygen atoms in total. The lowest BCUT2D eigenvalue weighted by Crippen LogP contribution is -2.41. The van der Waals surface area contributed by atoms with Crippen molar-refractivity contribution in [2.75, 3.05) is 0 Å². The van der Waals surface area contributed by atoms with Crippen LogP contribution in [0.4, 0.5) is 4.39 Å². The van der Waals surface area contributed by atoms with E-state index in [1.807, 2.05) is 39.0 Å². The fraction of sp³-hybridized carbons (Fsp3) is 0.368. The SMILES string of the molecule is Cc1ccc2c(c1)OC(C)(C)C[C@@H]2NS(=O)(=O)c1ccc(F)cc1C. The summed E-state index contributed by atoms with van der Waals surface area (Å²) in [5, 5.41) is 0. The van der Waals surface area contributed by atoms with Gasteiger partial charge in [0.1, 0.15) is 17.2 Å². The molecular weight excluding hydrogens is 341 g/mol. The lowest BCUT2D eigenvalue weighted by molar-refractivity contribution is 0.0701. The smallest absolute Gasteiger partial charge is 0.241 e. The lowest BCUT2D eigenvalue weighted by atomic mass is 9.90. The van der Waals surface area contributed by atoms with Crippen molar-refractivity contribution in [1.82, 2.24) is 4.72 Å². The van der Waals surface area contributed by atoms with Crippen LogP contribution in [-0.2, 0) is 10.0 Å². The maximum Gasteiger partial charge on any atom is 0.241 e. The van der Waals surface area contributed by atoms with E-state index in [2.05, 4.69) is 4.72 Å². The minimum absolute atomic E-state index is 0.0897. The standard InChI is InChI=1S/C19H22FNO3S/c1-12-5-7-15-16(11-19(3,4)24-17(15)9-12)21-25(22,23)18-8-6-14(20)10-13(18)2/h5-10,16,21H,11H2,1-4H3/t16-/m0/s1. The number of hydrogen-bond donors (Lipinski definition) is 1. The van der Waals surface area contributed by atoms with Crippen LogP contribution in [0.5, 0.6) is 5.75 Å². The summed E-state index contributed by atoms with van der Waals surface area (Å²) < 4.78 is 47.8. The number of sulfonamides is 1. The number of rotatable bonds is 3. The highest BCUT2D eigenvalue weighted by Gasteiger charge is 2.36. The third kappa shape index (κ3) is 3.70. The molecule has 0 saturated heterocycles. The first-order valence-electron chi connectivity index (χ1n) is 8.15. The van der Waals surface area contributed by atoms with Gasteiger partial charge in [0, 0.05) is 12.0 Å². The van der Waals surface area contributed by atoms with Crippen LogP contribution in [0.15, 0.2) is 41.3 Å². The summed E-state index contributed by atoms with van der Waals surface area (Å²) in [6.45, 7) is 7.42. The summed E-state index contributed by atoms with van der Waals surface area (Å²) in [5.41, 5.74) is 1.75. The average Bonchev–Trinajstić information content (AvgIpc) is 2.44. The zero-order valence-corrected chi connectivity index (χ0v) is 15.6. The van der Waals surface area contributed by atoms with E-state index in [1.54, 1.807) is 6.92 Å². The van der Waals surface area contributed by atoms with Gasteiger partial charge in [-0.3, -0.25) is 0 Å². The highest BCUT2D eigenvalue weighted by Crippen LogP contribution is 2.40. The van der Waals surface area contributed by atoms with E-state index >= 15 is 0 Å². The Balaban J connectivity index is 1.99. The second-order valence-electron chi connectivity index (χ2n) is 7.19. The number of halogens is 1. The maximum atomic E-state index is 13.3. The van der Waals surface area contributed by atoms with Gasteiger partial charge in [0.2, 0.25) is 10.0 Å². The Labute approximate surface area is 148 Å². The van der Waals surface area contributed by atoms with Crippen LogP contribution in [0.2, 0.25) is 0 Å². The molecule has 0 fully saturated rings. The largest absolute Gasteiger partial charge is 0.487 e. The minimum atomic E-state index is -3.78. The fourth-order valence-corrected chi connectivity index (χ4v) is 4.67. The van der Waals surface area contributed by atoms with Crippen LogP contribution in [0.3, 0.4) is 0 Å². The van der Waals surface area contributed by atoms with E-state index in [0.717, 1.165) is 17.2 Å². The maximum absolute atomic E-state index is 13.3. The molecule has 0 spiro atoms. The van der Waals surface area contributed by atoms with Gasteiger partial charge in [0.15, 0.2) is 0 Å². The molecule has 0 aromatic heterocycles. The zero-order chi connectivity index (χ0) is 18.4. The molecule has 1 atom stereocenters. The first kappa shape index (κ1) is 17.9. The highest BCUT2D eigenvalue weighted by molar-refractivity contribution is 7.89. The van der Waals surface area contributed by atoms with Gasteiger partial charge in [0.05, 0.1) is 10.9 Å². The molecule has 0 bridgehead atoms. The predicted octanol–water partition coefficient (Wildman–Crippen LogP) is 4.02. The van der Waals surface area contributed by atoms with Crippen LogP contribution >= 0.6 is 0 Å². The van der Waals surface area contributed by atoms with Gasteiger partial charge in [0.25, 0.3) is 0 Å². The van der Waals surface area contributed by atoms with Crippen LogP contribution in [-0.4, -0.2) is 14.0 Å². The van der Waals surface area contributed by atoms with E-state index in [4.69, 9.17) is 4.74 Å². The second kappa shape index (κ2) is 6.11. The van der Waals surface area contributed by atoms with Crippen LogP contribution in [0.25, 0.3) is 0 Å². The Hall–Kier alpha value is -1.92. The van der Waals surface area contributed by atoms with Crippen molar-refractivity contribution in [3.05, 3.63) is 58.9 Å². The van der Waals surface area contributed by atoms with Crippen LogP contribution in [0, 0.1) is 19.7 Å². The van der Waals surface area contributed by atoms with Gasteiger partial charge < -0.3 is 4.74 Å². The topological polar surface area (TPSA) is 55.4 Å². The van der Waals surface area contributed by atoms with Crippen molar-refractivity contribution in [1.29, 1.82) is 0 Å². The molecule has 0 radical (unpaired) electrons. The second-order valence-corrected chi connectivity index (χ2v) is 8.87. The molecule has 0 amide bonds. The quantitative estimate of drug-likeness (QED) is 0.896. The Kier molecular flexibility index (Phi) is 4.37. The Morgan fingerprint density at radius 1 is 1.16 bits per heavy atom. The molecule has 1 N–H and O–H groups in total. The molecule has 1 aliphatic heterocycles. The first-order valence-corrected chi connectivity index (χ1v) is 9.64. The first-order chi connectivity index (χ1) is 11.6. The molecule has 0 saturated carbocycles. The van der Waals surface area contributed by atoms with Crippen molar-refractivity contribution in [3.8, 4) is 5.75 Å². The normalized spacial score (nSPS) is 19.2. The number of nitrogens with one attached hydrogen (secondary N) is 1. The van der Waals surface area contributed by atoms with E-state index in [-0.39, 0.29) is 4.90 Å².